The normalized spacial score (nSPS) is 20.5. The molecular weight excluding hydrogens is 480 g/mol. The number of nitrogens with one attached hydrogen (secondary N) is 3. The zero-order valence-corrected chi connectivity index (χ0v) is 24.0. The van der Waals surface area contributed by atoms with E-state index in [9.17, 15) is 19.2 Å². The highest BCUT2D eigenvalue weighted by Crippen LogP contribution is 2.39. The van der Waals surface area contributed by atoms with E-state index in [0.29, 0.717) is 12.8 Å². The number of carbonyl (C=O) groups excluding carboxylic acids is 4. The molecular formula is C26H46N4O7. The summed E-state index contributed by atoms with van der Waals surface area (Å²) < 4.78 is 15.7. The summed E-state index contributed by atoms with van der Waals surface area (Å²) in [6.07, 6.45) is 0.782. The molecule has 0 heterocycles. The van der Waals surface area contributed by atoms with Gasteiger partial charge in [-0.15, -0.1) is 0 Å². The van der Waals surface area contributed by atoms with Crippen LogP contribution in [-0.4, -0.2) is 60.4 Å². The average molecular weight is 527 g/mol. The maximum atomic E-state index is 12.6. The summed E-state index contributed by atoms with van der Waals surface area (Å²) in [7, 11) is 1.33. The van der Waals surface area contributed by atoms with Gasteiger partial charge >= 0.3 is 18.2 Å². The Labute approximate surface area is 220 Å². The first-order valence-electron chi connectivity index (χ1n) is 12.9. The summed E-state index contributed by atoms with van der Waals surface area (Å²) in [5, 5.41) is 8.08. The van der Waals surface area contributed by atoms with Crippen LogP contribution in [0, 0.1) is 17.8 Å². The topological polar surface area (TPSA) is 144 Å². The number of nitrogens with zero attached hydrogens (tertiary/aromatic N) is 1. The van der Waals surface area contributed by atoms with E-state index < -0.39 is 35.3 Å². The largest absolute Gasteiger partial charge is 0.469 e. The number of alkyl carbamates (subject to hydrolysis) is 2. The van der Waals surface area contributed by atoms with Gasteiger partial charge in [-0.1, -0.05) is 26.7 Å². The molecule has 0 aromatic carbocycles. The maximum Gasteiger partial charge on any atom is 0.414 e. The van der Waals surface area contributed by atoms with Gasteiger partial charge in [-0.2, -0.15) is 0 Å². The molecule has 37 heavy (non-hydrogen) atoms. The molecule has 4 atom stereocenters. The van der Waals surface area contributed by atoms with E-state index in [-0.39, 0.29) is 35.7 Å². The van der Waals surface area contributed by atoms with Crippen molar-refractivity contribution in [2.45, 2.75) is 111 Å². The Morgan fingerprint density at radius 3 is 1.76 bits per heavy atom. The third-order valence-corrected chi connectivity index (χ3v) is 6.03. The van der Waals surface area contributed by atoms with Crippen LogP contribution in [-0.2, 0) is 23.8 Å². The predicted octanol–water partition coefficient (Wildman–Crippen LogP) is 3.90. The van der Waals surface area contributed by atoms with Gasteiger partial charge in [0.1, 0.15) is 11.2 Å². The molecule has 3 N–H and O–H groups in total. The Kier molecular flexibility index (Phi) is 11.8. The zero-order valence-electron chi connectivity index (χ0n) is 24.0. The number of methoxy groups -OCH3 is 1. The number of guanidine groups is 1. The summed E-state index contributed by atoms with van der Waals surface area (Å²) in [5.74, 6) is -1.25. The van der Waals surface area contributed by atoms with Crippen LogP contribution in [0.15, 0.2) is 4.99 Å². The minimum Gasteiger partial charge on any atom is -0.469 e. The first-order chi connectivity index (χ1) is 17.0. The number of rotatable bonds is 7. The van der Waals surface area contributed by atoms with Crippen LogP contribution in [0.5, 0.6) is 0 Å². The molecule has 0 saturated heterocycles. The maximum absolute atomic E-state index is 12.6. The Morgan fingerprint density at radius 2 is 1.38 bits per heavy atom. The number of amides is 3. The monoisotopic (exact) mass is 526 g/mol. The van der Waals surface area contributed by atoms with Crippen molar-refractivity contribution in [3.63, 3.8) is 0 Å². The number of hydrogen-bond acceptors (Lipinski definition) is 8. The van der Waals surface area contributed by atoms with Gasteiger partial charge in [-0.3, -0.25) is 20.2 Å². The van der Waals surface area contributed by atoms with Crippen molar-refractivity contribution in [3.8, 4) is 0 Å². The van der Waals surface area contributed by atoms with Gasteiger partial charge in [-0.25, -0.2) is 14.6 Å². The molecule has 0 radical (unpaired) electrons. The zero-order chi connectivity index (χ0) is 28.6. The second kappa shape index (κ2) is 13.6. The lowest BCUT2D eigenvalue weighted by atomic mass is 9.81. The molecule has 1 aliphatic rings. The van der Waals surface area contributed by atoms with Gasteiger partial charge in [0, 0.05) is 18.9 Å². The lowest BCUT2D eigenvalue weighted by molar-refractivity contribution is -0.145. The molecule has 1 rings (SSSR count). The Hall–Kier alpha value is -2.85. The number of esters is 1. The third-order valence-electron chi connectivity index (χ3n) is 6.03. The molecule has 3 amide bonds. The molecule has 0 spiro atoms. The summed E-state index contributed by atoms with van der Waals surface area (Å²) >= 11 is 0. The summed E-state index contributed by atoms with van der Waals surface area (Å²) in [5.41, 5.74) is -1.56. The van der Waals surface area contributed by atoms with Crippen molar-refractivity contribution in [1.82, 2.24) is 16.0 Å². The van der Waals surface area contributed by atoms with Crippen LogP contribution < -0.4 is 16.0 Å². The van der Waals surface area contributed by atoms with Gasteiger partial charge in [0.25, 0.3) is 0 Å². The fourth-order valence-electron chi connectivity index (χ4n) is 4.61. The first kappa shape index (κ1) is 32.2. The minimum atomic E-state index is -0.806. The molecule has 212 valence electrons. The average Bonchev–Trinajstić information content (AvgIpc) is 3.13. The SMILES string of the molecule is CCC(CC)C(NC(C)=O)C1CC(C(=O)OC)CC1N=C(NC(=O)OC(C)(C)C)NC(=O)OC(C)(C)C. The molecule has 11 heteroatoms. The fourth-order valence-corrected chi connectivity index (χ4v) is 4.61. The van der Waals surface area contributed by atoms with E-state index in [1.807, 2.05) is 13.8 Å². The van der Waals surface area contributed by atoms with Crippen LogP contribution >= 0.6 is 0 Å². The second-order valence-electron chi connectivity index (χ2n) is 11.5. The van der Waals surface area contributed by atoms with Crippen molar-refractivity contribution >= 4 is 30.0 Å². The molecule has 4 unspecified atom stereocenters. The highest BCUT2D eigenvalue weighted by Gasteiger charge is 2.44. The lowest BCUT2D eigenvalue weighted by Gasteiger charge is -2.33. The van der Waals surface area contributed by atoms with Crippen molar-refractivity contribution < 1.29 is 33.4 Å². The first-order valence-corrected chi connectivity index (χ1v) is 12.9. The lowest BCUT2D eigenvalue weighted by Crippen LogP contribution is -2.49. The smallest absolute Gasteiger partial charge is 0.414 e. The fraction of sp³-hybridized carbons (Fsp3) is 0.808. The van der Waals surface area contributed by atoms with E-state index in [1.54, 1.807) is 41.5 Å². The van der Waals surface area contributed by atoms with Gasteiger partial charge < -0.3 is 19.5 Å². The molecule has 0 aromatic rings. The number of hydrogen-bond donors (Lipinski definition) is 3. The van der Waals surface area contributed by atoms with Gasteiger partial charge in [-0.05, 0) is 60.3 Å². The van der Waals surface area contributed by atoms with Crippen molar-refractivity contribution in [3.05, 3.63) is 0 Å². The van der Waals surface area contributed by atoms with Gasteiger partial charge in [0.15, 0.2) is 0 Å². The Morgan fingerprint density at radius 1 is 0.892 bits per heavy atom. The van der Waals surface area contributed by atoms with E-state index in [2.05, 4.69) is 20.9 Å². The Balaban J connectivity index is 3.45. The quantitative estimate of drug-likeness (QED) is 0.197. The van der Waals surface area contributed by atoms with Gasteiger partial charge in [0.2, 0.25) is 11.9 Å². The van der Waals surface area contributed by atoms with Crippen LogP contribution in [0.25, 0.3) is 0 Å². The molecule has 11 nitrogen and oxygen atoms in total. The van der Waals surface area contributed by atoms with Crippen molar-refractivity contribution in [2.75, 3.05) is 7.11 Å². The highest BCUT2D eigenvalue weighted by atomic mass is 16.6. The van der Waals surface area contributed by atoms with E-state index in [1.165, 1.54) is 14.0 Å². The molecule has 1 aliphatic carbocycles. The summed E-state index contributed by atoms with van der Waals surface area (Å²) in [6, 6.07) is -0.776. The van der Waals surface area contributed by atoms with Crippen LogP contribution in [0.1, 0.15) is 88.0 Å². The molecule has 0 aliphatic heterocycles. The molecule has 0 bridgehead atoms. The molecule has 1 fully saturated rings. The predicted molar refractivity (Wildman–Crippen MR) is 140 cm³/mol. The summed E-state index contributed by atoms with van der Waals surface area (Å²) in [6.45, 7) is 15.8. The van der Waals surface area contributed by atoms with E-state index >= 15 is 0 Å². The standard InChI is InChI=1S/C26H46N4O7/c1-11-16(12-2)20(27-15(3)31)18-13-17(21(32)35-10)14-19(18)28-22(29-23(33)36-25(4,5)6)30-24(34)37-26(7,8)9/h16-20H,11-14H2,1-10H3,(H,27,31)(H2,28,29,30,33,34). The van der Waals surface area contributed by atoms with Crippen LogP contribution in [0.2, 0.25) is 0 Å². The van der Waals surface area contributed by atoms with E-state index in [4.69, 9.17) is 14.2 Å². The van der Waals surface area contributed by atoms with Crippen molar-refractivity contribution in [2.24, 2.45) is 22.7 Å². The number of carbonyl (C=O) groups is 4. The van der Waals surface area contributed by atoms with E-state index in [0.717, 1.165) is 12.8 Å². The number of aliphatic imine (C=N–C) groups is 1. The van der Waals surface area contributed by atoms with Crippen LogP contribution in [0.4, 0.5) is 9.59 Å². The van der Waals surface area contributed by atoms with Crippen LogP contribution in [0.3, 0.4) is 0 Å². The second-order valence-corrected chi connectivity index (χ2v) is 11.5. The van der Waals surface area contributed by atoms with Gasteiger partial charge in [0.05, 0.1) is 19.1 Å². The minimum absolute atomic E-state index is 0.143. The Bertz CT molecular complexity index is 809. The molecule has 1 saturated carbocycles. The summed E-state index contributed by atoms with van der Waals surface area (Å²) in [4.78, 5) is 54.4. The molecule has 0 aromatic heterocycles. The number of ether oxygens (including phenoxy) is 3. The highest BCUT2D eigenvalue weighted by molar-refractivity contribution is 6.01. The third kappa shape index (κ3) is 11.4. The van der Waals surface area contributed by atoms with Crippen molar-refractivity contribution in [1.29, 1.82) is 0 Å².